The van der Waals surface area contributed by atoms with Gasteiger partial charge in [0.2, 0.25) is 5.91 Å². The normalized spacial score (nSPS) is 15.0. The molecule has 3 amide bonds. The fourth-order valence-corrected chi connectivity index (χ4v) is 4.80. The van der Waals surface area contributed by atoms with E-state index in [9.17, 15) is 14.4 Å². The lowest BCUT2D eigenvalue weighted by Crippen LogP contribution is -2.45. The van der Waals surface area contributed by atoms with Crippen LogP contribution >= 0.6 is 22.9 Å². The molecule has 6 nitrogen and oxygen atoms in total. The van der Waals surface area contributed by atoms with Crippen molar-refractivity contribution in [1.29, 1.82) is 0 Å². The third-order valence-electron chi connectivity index (χ3n) is 5.36. The first-order valence-corrected chi connectivity index (χ1v) is 10.8. The largest absolute Gasteiger partial charge is 0.354 e. The van der Waals surface area contributed by atoms with E-state index >= 15 is 0 Å². The zero-order valence-electron chi connectivity index (χ0n) is 16.2. The predicted molar refractivity (Wildman–Crippen MR) is 115 cm³/mol. The molecule has 0 atom stereocenters. The number of hydrogen-bond donors (Lipinski definition) is 3. The molecule has 0 spiro atoms. The lowest BCUT2D eigenvalue weighted by atomic mass is 9.84. The number of anilines is 1. The predicted octanol–water partition coefficient (Wildman–Crippen LogP) is 3.39. The third kappa shape index (κ3) is 5.16. The summed E-state index contributed by atoms with van der Waals surface area (Å²) in [6, 6.07) is 9.19. The molecule has 3 N–H and O–H groups in total. The zero-order valence-corrected chi connectivity index (χ0v) is 17.8. The van der Waals surface area contributed by atoms with Gasteiger partial charge in [0, 0.05) is 27.5 Å². The Morgan fingerprint density at radius 1 is 1.07 bits per heavy atom. The van der Waals surface area contributed by atoms with Gasteiger partial charge < -0.3 is 16.0 Å². The number of nitrogens with one attached hydrogen (secondary N) is 3. The number of carbonyl (C=O) groups is 3. The molecule has 3 rings (SSSR count). The zero-order chi connectivity index (χ0) is 20.9. The summed E-state index contributed by atoms with van der Waals surface area (Å²) in [7, 11) is 0. The molecule has 1 aliphatic rings. The van der Waals surface area contributed by atoms with Gasteiger partial charge in [-0.15, -0.1) is 11.3 Å². The van der Waals surface area contributed by atoms with Crippen LogP contribution in [-0.4, -0.2) is 30.8 Å². The average Bonchev–Trinajstić information content (AvgIpc) is 3.40. The minimum absolute atomic E-state index is 0.0185. The van der Waals surface area contributed by atoms with Crippen LogP contribution in [0.4, 0.5) is 5.69 Å². The average molecular weight is 434 g/mol. The monoisotopic (exact) mass is 433 g/mol. The van der Waals surface area contributed by atoms with E-state index in [1.54, 1.807) is 36.5 Å². The van der Waals surface area contributed by atoms with Crippen molar-refractivity contribution in [2.75, 3.05) is 18.4 Å². The highest BCUT2D eigenvalue weighted by Crippen LogP contribution is 2.42. The molecule has 0 saturated heterocycles. The highest BCUT2D eigenvalue weighted by atomic mass is 35.5. The maximum atomic E-state index is 12.2. The molecule has 0 unspecified atom stereocenters. The van der Waals surface area contributed by atoms with Crippen molar-refractivity contribution in [3.63, 3.8) is 0 Å². The smallest absolute Gasteiger partial charge is 0.313 e. The Hall–Kier alpha value is -2.38. The van der Waals surface area contributed by atoms with Gasteiger partial charge in [-0.1, -0.05) is 36.6 Å². The van der Waals surface area contributed by atoms with Crippen LogP contribution in [0.5, 0.6) is 0 Å². The standard InChI is InChI=1S/C21H24ClN3O3S/c1-14-15(22)6-4-7-16(14)25-20(28)19(27)23-12-18(26)24-13-21(9-2-3-10-21)17-8-5-11-29-17/h4-8,11H,2-3,9-10,12-13H2,1H3,(H,23,27)(H,24,26)(H,25,28). The Balaban J connectivity index is 1.48. The molecular weight excluding hydrogens is 410 g/mol. The van der Waals surface area contributed by atoms with E-state index < -0.39 is 11.8 Å². The Labute approximate surface area is 179 Å². The minimum Gasteiger partial charge on any atom is -0.354 e. The molecule has 8 heteroatoms. The number of hydrogen-bond acceptors (Lipinski definition) is 4. The van der Waals surface area contributed by atoms with Crippen LogP contribution in [0.1, 0.15) is 36.1 Å². The summed E-state index contributed by atoms with van der Waals surface area (Å²) < 4.78 is 0. The summed E-state index contributed by atoms with van der Waals surface area (Å²) >= 11 is 7.72. The molecule has 29 heavy (non-hydrogen) atoms. The van der Waals surface area contributed by atoms with Gasteiger partial charge in [-0.3, -0.25) is 14.4 Å². The van der Waals surface area contributed by atoms with Crippen LogP contribution in [0.15, 0.2) is 35.7 Å². The van der Waals surface area contributed by atoms with Gasteiger partial charge in [-0.05, 0) is 48.9 Å². The molecule has 0 bridgehead atoms. The van der Waals surface area contributed by atoms with Crippen LogP contribution in [0.3, 0.4) is 0 Å². The highest BCUT2D eigenvalue weighted by Gasteiger charge is 2.36. The molecule has 1 aliphatic carbocycles. The first-order valence-electron chi connectivity index (χ1n) is 9.56. The van der Waals surface area contributed by atoms with Crippen LogP contribution in [-0.2, 0) is 19.8 Å². The molecule has 1 aromatic carbocycles. The Morgan fingerprint density at radius 3 is 2.52 bits per heavy atom. The van der Waals surface area contributed by atoms with Crippen LogP contribution in [0.25, 0.3) is 0 Å². The van der Waals surface area contributed by atoms with Crippen molar-refractivity contribution >= 4 is 46.3 Å². The quantitative estimate of drug-likeness (QED) is 0.610. The number of halogens is 1. The summed E-state index contributed by atoms with van der Waals surface area (Å²) in [6.45, 7) is 2.03. The number of rotatable bonds is 6. The molecule has 1 saturated carbocycles. The second kappa shape index (κ2) is 9.41. The summed E-state index contributed by atoms with van der Waals surface area (Å²) in [5.74, 6) is -2.02. The van der Waals surface area contributed by atoms with Gasteiger partial charge in [0.05, 0.1) is 6.54 Å². The molecule has 1 heterocycles. The van der Waals surface area contributed by atoms with Gasteiger partial charge in [-0.2, -0.15) is 0 Å². The molecule has 1 aromatic heterocycles. The van der Waals surface area contributed by atoms with E-state index in [0.29, 0.717) is 22.8 Å². The maximum Gasteiger partial charge on any atom is 0.313 e. The Morgan fingerprint density at radius 2 is 1.83 bits per heavy atom. The van der Waals surface area contributed by atoms with Crippen LogP contribution in [0.2, 0.25) is 5.02 Å². The van der Waals surface area contributed by atoms with Gasteiger partial charge in [-0.25, -0.2) is 0 Å². The van der Waals surface area contributed by atoms with Crippen molar-refractivity contribution in [2.45, 2.75) is 38.0 Å². The number of thiophene rings is 1. The van der Waals surface area contributed by atoms with E-state index in [1.807, 2.05) is 6.07 Å². The van der Waals surface area contributed by atoms with Gasteiger partial charge in [0.25, 0.3) is 0 Å². The lowest BCUT2D eigenvalue weighted by molar-refractivity contribution is -0.136. The van der Waals surface area contributed by atoms with E-state index in [1.165, 1.54) is 4.88 Å². The maximum absolute atomic E-state index is 12.2. The van der Waals surface area contributed by atoms with E-state index in [4.69, 9.17) is 11.6 Å². The van der Waals surface area contributed by atoms with Crippen molar-refractivity contribution in [1.82, 2.24) is 10.6 Å². The van der Waals surface area contributed by atoms with Crippen LogP contribution in [0, 0.1) is 6.92 Å². The van der Waals surface area contributed by atoms with Crippen molar-refractivity contribution in [3.05, 3.63) is 51.2 Å². The van der Waals surface area contributed by atoms with Crippen molar-refractivity contribution in [3.8, 4) is 0 Å². The fraction of sp³-hybridized carbons (Fsp3) is 0.381. The minimum atomic E-state index is -0.867. The molecule has 0 radical (unpaired) electrons. The molecule has 0 aliphatic heterocycles. The summed E-state index contributed by atoms with van der Waals surface area (Å²) in [5.41, 5.74) is 1.11. The fourth-order valence-electron chi connectivity index (χ4n) is 3.64. The SMILES string of the molecule is Cc1c(Cl)cccc1NC(=O)C(=O)NCC(=O)NCC1(c2cccs2)CCCC1. The third-order valence-corrected chi connectivity index (χ3v) is 6.89. The van der Waals surface area contributed by atoms with Crippen LogP contribution < -0.4 is 16.0 Å². The summed E-state index contributed by atoms with van der Waals surface area (Å²) in [4.78, 5) is 37.6. The first kappa shape index (κ1) is 21.3. The number of carbonyl (C=O) groups excluding carboxylic acids is 3. The summed E-state index contributed by atoms with van der Waals surface area (Å²) in [6.07, 6.45) is 4.38. The van der Waals surface area contributed by atoms with Crippen molar-refractivity contribution < 1.29 is 14.4 Å². The highest BCUT2D eigenvalue weighted by molar-refractivity contribution is 7.10. The van der Waals surface area contributed by atoms with Gasteiger partial charge in [0.15, 0.2) is 0 Å². The van der Waals surface area contributed by atoms with Gasteiger partial charge >= 0.3 is 11.8 Å². The number of amides is 3. The second-order valence-corrected chi connectivity index (χ2v) is 8.65. The molecule has 154 valence electrons. The molecular formula is C21H24ClN3O3S. The first-order chi connectivity index (χ1) is 13.9. The Kier molecular flexibility index (Phi) is 6.92. The van der Waals surface area contributed by atoms with E-state index in [0.717, 1.165) is 25.7 Å². The topological polar surface area (TPSA) is 87.3 Å². The second-order valence-electron chi connectivity index (χ2n) is 7.29. The molecule has 2 aromatic rings. The summed E-state index contributed by atoms with van der Waals surface area (Å²) in [5, 5.41) is 10.3. The lowest BCUT2D eigenvalue weighted by Gasteiger charge is -2.28. The van der Waals surface area contributed by atoms with Crippen molar-refractivity contribution in [2.24, 2.45) is 0 Å². The molecule has 1 fully saturated rings. The Bertz CT molecular complexity index is 893. The van der Waals surface area contributed by atoms with E-state index in [2.05, 4.69) is 27.4 Å². The van der Waals surface area contributed by atoms with Gasteiger partial charge in [0.1, 0.15) is 0 Å². The number of benzene rings is 1. The van der Waals surface area contributed by atoms with E-state index in [-0.39, 0.29) is 17.9 Å².